The third-order valence-electron chi connectivity index (χ3n) is 6.56. The van der Waals surface area contributed by atoms with Gasteiger partial charge in [-0.1, -0.05) is 0 Å². The quantitative estimate of drug-likeness (QED) is 0.380. The fourth-order valence-electron chi connectivity index (χ4n) is 4.39. The number of carbonyl (C=O) groups is 1. The van der Waals surface area contributed by atoms with Crippen LogP contribution in [0.3, 0.4) is 0 Å². The highest BCUT2D eigenvalue weighted by Crippen LogP contribution is 2.43. The monoisotopic (exact) mass is 569 g/mol. The second kappa shape index (κ2) is 9.20. The van der Waals surface area contributed by atoms with E-state index < -0.39 is 73.8 Å². The number of alkyl halides is 7. The molecule has 0 aliphatic heterocycles. The number of imidazole rings is 1. The topological polar surface area (TPSA) is 71.8 Å². The summed E-state index contributed by atoms with van der Waals surface area (Å²) in [5.41, 5.74) is -2.66. The molecule has 6 nitrogen and oxygen atoms in total. The predicted molar refractivity (Wildman–Crippen MR) is 117 cm³/mol. The Bertz CT molecular complexity index is 1490. The lowest BCUT2D eigenvalue weighted by molar-refractivity contribution is -0.138. The molecule has 0 spiro atoms. The number of carbonyl (C=O) groups excluding carboxylic acids is 1. The van der Waals surface area contributed by atoms with Crippen LogP contribution in [-0.2, 0) is 22.2 Å². The van der Waals surface area contributed by atoms with E-state index in [0.717, 1.165) is 33.8 Å². The number of hydrogen-bond donors (Lipinski definition) is 0. The van der Waals surface area contributed by atoms with Crippen LogP contribution >= 0.6 is 0 Å². The van der Waals surface area contributed by atoms with Crippen molar-refractivity contribution in [3.63, 3.8) is 0 Å². The predicted octanol–water partition coefficient (Wildman–Crippen LogP) is 5.67. The minimum atomic E-state index is -5.05. The van der Waals surface area contributed by atoms with Gasteiger partial charge in [-0.15, -0.1) is 0 Å². The van der Waals surface area contributed by atoms with Crippen molar-refractivity contribution in [3.05, 3.63) is 65.4 Å². The third-order valence-corrected chi connectivity index (χ3v) is 8.79. The molecule has 38 heavy (non-hydrogen) atoms. The Kier molecular flexibility index (Phi) is 6.73. The maximum Gasteiger partial charge on any atom is 0.417 e. The van der Waals surface area contributed by atoms with Gasteiger partial charge < -0.3 is 9.30 Å². The van der Waals surface area contributed by atoms with E-state index in [0.29, 0.717) is 6.07 Å². The van der Waals surface area contributed by atoms with Crippen LogP contribution in [0, 0.1) is 5.82 Å². The van der Waals surface area contributed by atoms with Gasteiger partial charge in [0, 0.05) is 25.5 Å². The summed E-state index contributed by atoms with van der Waals surface area (Å²) in [7, 11) is -3.71. The number of halogens is 8. The molecule has 1 aromatic carbocycles. The Labute approximate surface area is 210 Å². The van der Waals surface area contributed by atoms with Crippen LogP contribution in [0.15, 0.2) is 47.6 Å². The van der Waals surface area contributed by atoms with Gasteiger partial charge in [0.25, 0.3) is 5.91 Å². The minimum absolute atomic E-state index is 0.0700. The molecule has 1 aliphatic rings. The van der Waals surface area contributed by atoms with Crippen LogP contribution in [0.2, 0.25) is 0 Å². The van der Waals surface area contributed by atoms with Gasteiger partial charge in [-0.3, -0.25) is 4.79 Å². The first-order valence-corrected chi connectivity index (χ1v) is 12.6. The zero-order valence-electron chi connectivity index (χ0n) is 19.4. The summed E-state index contributed by atoms with van der Waals surface area (Å²) in [4.78, 5) is 16.9. The van der Waals surface area contributed by atoms with Crippen LogP contribution in [0.25, 0.3) is 5.65 Å². The highest BCUT2D eigenvalue weighted by atomic mass is 32.2. The zero-order valence-corrected chi connectivity index (χ0v) is 20.3. The van der Waals surface area contributed by atoms with E-state index in [9.17, 15) is 43.9 Å². The van der Waals surface area contributed by atoms with Crippen molar-refractivity contribution in [1.29, 1.82) is 0 Å². The number of fused-ring (bicyclic) bond motifs is 1. The highest BCUT2D eigenvalue weighted by molar-refractivity contribution is 7.92. The van der Waals surface area contributed by atoms with Crippen LogP contribution in [-0.4, -0.2) is 46.7 Å². The lowest BCUT2D eigenvalue weighted by Gasteiger charge is -2.37. The molecule has 1 amide bonds. The molecule has 0 bridgehead atoms. The first kappa shape index (κ1) is 27.8. The smallest absolute Gasteiger partial charge is 0.337 e. The van der Waals surface area contributed by atoms with Gasteiger partial charge in [-0.05, 0) is 56.0 Å². The van der Waals surface area contributed by atoms with Crippen molar-refractivity contribution in [2.75, 3.05) is 7.05 Å². The SMILES string of the molecule is CN(C(=O)c1cn2cc(C(F)(F)F)ccc2n1)C1CCC(F)(S(=O)(=O)c2cc(F)cc(C(F)(F)F)c2)CC1. The average Bonchev–Trinajstić information content (AvgIpc) is 3.25. The second-order valence-corrected chi connectivity index (χ2v) is 11.2. The molecular weight excluding hydrogens is 550 g/mol. The minimum Gasteiger partial charge on any atom is -0.337 e. The lowest BCUT2D eigenvalue weighted by Crippen LogP contribution is -2.46. The molecule has 1 aliphatic carbocycles. The van der Waals surface area contributed by atoms with Crippen molar-refractivity contribution >= 4 is 21.4 Å². The molecule has 0 radical (unpaired) electrons. The summed E-state index contributed by atoms with van der Waals surface area (Å²) >= 11 is 0. The fraction of sp³-hybridized carbons (Fsp3) is 0.391. The van der Waals surface area contributed by atoms with Crippen molar-refractivity contribution in [3.8, 4) is 0 Å². The van der Waals surface area contributed by atoms with Gasteiger partial charge in [0.1, 0.15) is 17.2 Å². The Morgan fingerprint density at radius 2 is 1.61 bits per heavy atom. The van der Waals surface area contributed by atoms with Crippen molar-refractivity contribution < 1.29 is 48.3 Å². The number of hydrogen-bond acceptors (Lipinski definition) is 4. The average molecular weight is 569 g/mol. The number of pyridine rings is 1. The lowest BCUT2D eigenvalue weighted by atomic mass is 9.92. The number of nitrogens with zero attached hydrogens (tertiary/aromatic N) is 3. The molecule has 206 valence electrons. The number of rotatable bonds is 4. The van der Waals surface area contributed by atoms with Crippen molar-refractivity contribution in [1.82, 2.24) is 14.3 Å². The number of sulfone groups is 1. The highest BCUT2D eigenvalue weighted by Gasteiger charge is 2.49. The Hall–Kier alpha value is -3.23. The molecular formula is C23H19F8N3O3S. The van der Waals surface area contributed by atoms with E-state index in [1.807, 2.05) is 0 Å². The molecule has 1 saturated carbocycles. The summed E-state index contributed by atoms with van der Waals surface area (Å²) in [6.45, 7) is 0. The second-order valence-electron chi connectivity index (χ2n) is 9.01. The maximum atomic E-state index is 15.6. The first-order valence-electron chi connectivity index (χ1n) is 11.1. The van der Waals surface area contributed by atoms with E-state index >= 15 is 4.39 Å². The van der Waals surface area contributed by atoms with Gasteiger partial charge >= 0.3 is 12.4 Å². The maximum absolute atomic E-state index is 15.6. The summed E-state index contributed by atoms with van der Waals surface area (Å²) in [6, 6.07) is 1.79. The number of aromatic nitrogens is 2. The molecule has 1 fully saturated rings. The fourth-order valence-corrected chi connectivity index (χ4v) is 6.14. The van der Waals surface area contributed by atoms with Crippen LogP contribution in [0.5, 0.6) is 0 Å². The van der Waals surface area contributed by atoms with E-state index in [1.165, 1.54) is 7.05 Å². The van der Waals surface area contributed by atoms with Gasteiger partial charge in [0.2, 0.25) is 14.8 Å². The van der Waals surface area contributed by atoms with Gasteiger partial charge in [-0.2, -0.15) is 26.3 Å². The summed E-state index contributed by atoms with van der Waals surface area (Å²) < 4.78 is 134. The summed E-state index contributed by atoms with van der Waals surface area (Å²) in [5.74, 6) is -2.20. The molecule has 3 aromatic rings. The van der Waals surface area contributed by atoms with E-state index in [2.05, 4.69) is 4.98 Å². The van der Waals surface area contributed by atoms with Gasteiger partial charge in [0.15, 0.2) is 0 Å². The van der Waals surface area contributed by atoms with E-state index in [1.54, 1.807) is 0 Å². The van der Waals surface area contributed by atoms with Crippen molar-refractivity contribution in [2.45, 2.75) is 54.0 Å². The molecule has 0 saturated heterocycles. The van der Waals surface area contributed by atoms with Gasteiger partial charge in [0.05, 0.1) is 16.0 Å². The standard InChI is InChI=1S/C23H19F8N3O3S/c1-33(20(35)18-12-34-11-13(22(26,27)28)2-3-19(34)32-18)16-4-6-21(25,7-5-16)38(36,37)17-9-14(23(29,30)31)8-15(24)10-17/h2-3,8-12,16H,4-7H2,1H3. The number of amides is 1. The van der Waals surface area contributed by atoms with E-state index in [4.69, 9.17) is 0 Å². The number of benzene rings is 1. The Morgan fingerprint density at radius 1 is 1.00 bits per heavy atom. The van der Waals surface area contributed by atoms with Crippen LogP contribution in [0.4, 0.5) is 35.1 Å². The van der Waals surface area contributed by atoms with E-state index in [-0.39, 0.29) is 36.3 Å². The molecule has 2 aromatic heterocycles. The molecule has 4 rings (SSSR count). The molecule has 15 heteroatoms. The zero-order chi connectivity index (χ0) is 28.3. The van der Waals surface area contributed by atoms with Crippen LogP contribution in [0.1, 0.15) is 47.3 Å². The molecule has 0 atom stereocenters. The van der Waals surface area contributed by atoms with Gasteiger partial charge in [-0.25, -0.2) is 22.2 Å². The largest absolute Gasteiger partial charge is 0.417 e. The molecule has 0 N–H and O–H groups in total. The summed E-state index contributed by atoms with van der Waals surface area (Å²) in [5, 5.41) is -3.00. The van der Waals surface area contributed by atoms with Crippen molar-refractivity contribution in [2.24, 2.45) is 0 Å². The van der Waals surface area contributed by atoms with Crippen LogP contribution < -0.4 is 0 Å². The Morgan fingerprint density at radius 3 is 2.18 bits per heavy atom. The normalized spacial score (nSPS) is 21.0. The molecule has 2 heterocycles. The first-order chi connectivity index (χ1) is 17.4. The summed E-state index contributed by atoms with van der Waals surface area (Å²) in [6.07, 6.45) is -9.58. The molecule has 0 unspecified atom stereocenters. The third kappa shape index (κ3) is 5.07. The Balaban J connectivity index is 1.51.